The van der Waals surface area contributed by atoms with Crippen LogP contribution in [0.15, 0.2) is 48.5 Å². The summed E-state index contributed by atoms with van der Waals surface area (Å²) in [6.07, 6.45) is 1.11. The number of nitro groups is 1. The number of quaternary nitrogens is 1. The zero-order valence-electron chi connectivity index (χ0n) is 12.3. The van der Waals surface area contributed by atoms with E-state index in [9.17, 15) is 10.1 Å². The molecule has 0 saturated heterocycles. The molecule has 1 aliphatic rings. The van der Waals surface area contributed by atoms with Crippen molar-refractivity contribution in [2.75, 3.05) is 13.2 Å². The van der Waals surface area contributed by atoms with E-state index in [0.717, 1.165) is 31.7 Å². The summed E-state index contributed by atoms with van der Waals surface area (Å²) >= 11 is 0. The van der Waals surface area contributed by atoms with Gasteiger partial charge in [0.05, 0.1) is 11.5 Å². The Morgan fingerprint density at radius 3 is 2.73 bits per heavy atom. The smallest absolute Gasteiger partial charge is 0.269 e. The summed E-state index contributed by atoms with van der Waals surface area (Å²) in [6, 6.07) is 15.2. The molecule has 0 bridgehead atoms. The molecule has 1 atom stereocenters. The second-order valence-corrected chi connectivity index (χ2v) is 5.46. The lowest BCUT2D eigenvalue weighted by Gasteiger charge is -2.24. The number of nitrogens with two attached hydrogens (primary N) is 1. The van der Waals surface area contributed by atoms with Crippen molar-refractivity contribution in [3.05, 3.63) is 75.3 Å². The van der Waals surface area contributed by atoms with E-state index in [1.807, 2.05) is 12.1 Å². The average Bonchev–Trinajstić information content (AvgIpc) is 2.55. The van der Waals surface area contributed by atoms with Crippen LogP contribution < -0.4 is 5.32 Å². The second kappa shape index (κ2) is 6.68. The number of fused-ring (bicyclic) bond motifs is 1. The highest BCUT2D eigenvalue weighted by Gasteiger charge is 2.21. The maximum atomic E-state index is 10.6. The SMILES string of the molecule is O=[N+]([O-])c1ccc(C[NH2+]CC2OCCc3ccccc32)cc1. The molecule has 2 N–H and O–H groups in total. The molecule has 5 heteroatoms. The van der Waals surface area contributed by atoms with Gasteiger partial charge in [0.1, 0.15) is 19.2 Å². The van der Waals surface area contributed by atoms with E-state index in [-0.39, 0.29) is 16.7 Å². The van der Waals surface area contributed by atoms with E-state index >= 15 is 0 Å². The van der Waals surface area contributed by atoms with E-state index in [1.165, 1.54) is 11.1 Å². The van der Waals surface area contributed by atoms with Gasteiger partial charge in [0.15, 0.2) is 0 Å². The van der Waals surface area contributed by atoms with Crippen molar-refractivity contribution in [2.45, 2.75) is 19.1 Å². The fourth-order valence-electron chi connectivity index (χ4n) is 2.83. The van der Waals surface area contributed by atoms with E-state index in [2.05, 4.69) is 29.6 Å². The van der Waals surface area contributed by atoms with Crippen molar-refractivity contribution in [1.82, 2.24) is 0 Å². The number of nitro benzene ring substituents is 1. The molecule has 0 aliphatic carbocycles. The van der Waals surface area contributed by atoms with Gasteiger partial charge < -0.3 is 10.1 Å². The second-order valence-electron chi connectivity index (χ2n) is 5.46. The summed E-state index contributed by atoms with van der Waals surface area (Å²) in [5.74, 6) is 0. The molecule has 1 heterocycles. The summed E-state index contributed by atoms with van der Waals surface area (Å²) in [6.45, 7) is 2.42. The molecular formula is C17H19N2O3+. The quantitative estimate of drug-likeness (QED) is 0.678. The third-order valence-corrected chi connectivity index (χ3v) is 4.00. The number of hydrogen-bond donors (Lipinski definition) is 1. The highest BCUT2D eigenvalue weighted by Crippen LogP contribution is 2.25. The van der Waals surface area contributed by atoms with Crippen molar-refractivity contribution in [2.24, 2.45) is 0 Å². The van der Waals surface area contributed by atoms with Gasteiger partial charge in [0, 0.05) is 17.7 Å². The number of hydrogen-bond acceptors (Lipinski definition) is 3. The molecule has 5 nitrogen and oxygen atoms in total. The molecule has 114 valence electrons. The zero-order chi connectivity index (χ0) is 15.4. The fraction of sp³-hybridized carbons (Fsp3) is 0.294. The first-order chi connectivity index (χ1) is 10.7. The largest absolute Gasteiger partial charge is 0.367 e. The lowest BCUT2D eigenvalue weighted by Crippen LogP contribution is -2.83. The molecule has 0 radical (unpaired) electrons. The minimum atomic E-state index is -0.375. The van der Waals surface area contributed by atoms with Crippen LogP contribution in [0.25, 0.3) is 0 Å². The minimum Gasteiger partial charge on any atom is -0.367 e. The van der Waals surface area contributed by atoms with Crippen LogP contribution in [0, 0.1) is 10.1 Å². The van der Waals surface area contributed by atoms with Crippen LogP contribution in [0.5, 0.6) is 0 Å². The summed E-state index contributed by atoms with van der Waals surface area (Å²) in [4.78, 5) is 10.3. The Bertz CT molecular complexity index is 655. The lowest BCUT2D eigenvalue weighted by atomic mass is 9.97. The topological polar surface area (TPSA) is 69.0 Å². The van der Waals surface area contributed by atoms with Gasteiger partial charge in [-0.1, -0.05) is 24.3 Å². The highest BCUT2D eigenvalue weighted by molar-refractivity contribution is 5.32. The van der Waals surface area contributed by atoms with Gasteiger partial charge in [0.25, 0.3) is 5.69 Å². The predicted molar refractivity (Wildman–Crippen MR) is 82.4 cm³/mol. The molecule has 0 saturated carbocycles. The molecular weight excluding hydrogens is 280 g/mol. The minimum absolute atomic E-state index is 0.128. The van der Waals surface area contributed by atoms with Gasteiger partial charge in [-0.3, -0.25) is 10.1 Å². The third-order valence-electron chi connectivity index (χ3n) is 4.00. The normalized spacial score (nSPS) is 17.0. The summed E-state index contributed by atoms with van der Waals surface area (Å²) in [7, 11) is 0. The molecule has 0 aromatic heterocycles. The van der Waals surface area contributed by atoms with Crippen LogP contribution in [-0.4, -0.2) is 18.1 Å². The van der Waals surface area contributed by atoms with Crippen LogP contribution in [0.1, 0.15) is 22.8 Å². The van der Waals surface area contributed by atoms with E-state index < -0.39 is 0 Å². The Hall–Kier alpha value is -2.24. The number of nitrogens with zero attached hydrogens (tertiary/aromatic N) is 1. The Kier molecular flexibility index (Phi) is 4.46. The number of ether oxygens (including phenoxy) is 1. The molecule has 0 amide bonds. The van der Waals surface area contributed by atoms with Gasteiger partial charge in [-0.2, -0.15) is 0 Å². The molecule has 1 aliphatic heterocycles. The molecule has 2 aromatic rings. The van der Waals surface area contributed by atoms with Crippen molar-refractivity contribution in [3.63, 3.8) is 0 Å². The van der Waals surface area contributed by atoms with Crippen LogP contribution in [-0.2, 0) is 17.7 Å². The summed E-state index contributed by atoms with van der Waals surface area (Å²) in [5.41, 5.74) is 3.87. The van der Waals surface area contributed by atoms with Gasteiger partial charge >= 0.3 is 0 Å². The zero-order valence-corrected chi connectivity index (χ0v) is 12.3. The Labute approximate surface area is 129 Å². The average molecular weight is 299 g/mol. The van der Waals surface area contributed by atoms with Crippen molar-refractivity contribution >= 4 is 5.69 Å². The Morgan fingerprint density at radius 2 is 1.95 bits per heavy atom. The Balaban J connectivity index is 1.56. The predicted octanol–water partition coefficient (Wildman–Crippen LogP) is 1.97. The van der Waals surface area contributed by atoms with Crippen LogP contribution in [0.2, 0.25) is 0 Å². The Morgan fingerprint density at radius 1 is 1.18 bits per heavy atom. The molecule has 22 heavy (non-hydrogen) atoms. The monoisotopic (exact) mass is 299 g/mol. The maximum Gasteiger partial charge on any atom is 0.269 e. The van der Waals surface area contributed by atoms with Crippen LogP contribution in [0.3, 0.4) is 0 Å². The first-order valence-corrected chi connectivity index (χ1v) is 7.48. The van der Waals surface area contributed by atoms with E-state index in [1.54, 1.807) is 12.1 Å². The molecule has 3 rings (SSSR count). The molecule has 0 fully saturated rings. The van der Waals surface area contributed by atoms with Gasteiger partial charge in [0.2, 0.25) is 0 Å². The fourth-order valence-corrected chi connectivity index (χ4v) is 2.83. The lowest BCUT2D eigenvalue weighted by molar-refractivity contribution is -0.678. The number of non-ortho nitro benzene ring substituents is 1. The van der Waals surface area contributed by atoms with Crippen LogP contribution >= 0.6 is 0 Å². The molecule has 1 unspecified atom stereocenters. The molecule has 2 aromatic carbocycles. The van der Waals surface area contributed by atoms with Gasteiger partial charge in [-0.25, -0.2) is 0 Å². The number of rotatable bonds is 5. The van der Waals surface area contributed by atoms with Crippen molar-refractivity contribution < 1.29 is 15.0 Å². The van der Waals surface area contributed by atoms with Crippen molar-refractivity contribution in [1.29, 1.82) is 0 Å². The first-order valence-electron chi connectivity index (χ1n) is 7.48. The summed E-state index contributed by atoms with van der Waals surface area (Å²) < 4.78 is 5.87. The number of benzene rings is 2. The van der Waals surface area contributed by atoms with Gasteiger partial charge in [-0.15, -0.1) is 0 Å². The third kappa shape index (κ3) is 3.32. The van der Waals surface area contributed by atoms with E-state index in [4.69, 9.17) is 4.74 Å². The molecule has 0 spiro atoms. The van der Waals surface area contributed by atoms with E-state index in [0.29, 0.717) is 0 Å². The van der Waals surface area contributed by atoms with Crippen molar-refractivity contribution in [3.8, 4) is 0 Å². The standard InChI is InChI=1S/C17H18N2O3/c20-19(21)15-7-5-13(6-8-15)11-18-12-17-16-4-2-1-3-14(16)9-10-22-17/h1-8,17-18H,9-12H2/p+1. The maximum absolute atomic E-state index is 10.6. The van der Waals surface area contributed by atoms with Crippen LogP contribution in [0.4, 0.5) is 5.69 Å². The summed E-state index contributed by atoms with van der Waals surface area (Å²) in [5, 5.41) is 12.8. The first kappa shape index (κ1) is 14.7. The highest BCUT2D eigenvalue weighted by atomic mass is 16.6. The van der Waals surface area contributed by atoms with Gasteiger partial charge in [-0.05, 0) is 29.7 Å².